The first-order valence-corrected chi connectivity index (χ1v) is 4.43. The van der Waals surface area contributed by atoms with Gasteiger partial charge < -0.3 is 9.52 Å². The molecule has 4 nitrogen and oxygen atoms in total. The maximum atomic E-state index is 10.8. The zero-order valence-electron chi connectivity index (χ0n) is 8.10. The largest absolute Gasteiger partial charge is 0.476 e. The summed E-state index contributed by atoms with van der Waals surface area (Å²) in [5, 5.41) is 8.88. The summed E-state index contributed by atoms with van der Waals surface area (Å²) >= 11 is 0. The Bertz CT molecular complexity index is 502. The second kappa shape index (κ2) is 3.57. The molecule has 2 aromatic rings. The quantitative estimate of drug-likeness (QED) is 0.813. The van der Waals surface area contributed by atoms with E-state index in [0.717, 1.165) is 17.5 Å². The fraction of sp³-hybridized carbons (Fsp3) is 0.0909. The SMILES string of the molecule is Cc1ccccc1-c1ocnc1C(=O)O. The zero-order valence-corrected chi connectivity index (χ0v) is 8.10. The molecule has 0 saturated heterocycles. The van der Waals surface area contributed by atoms with Gasteiger partial charge in [-0.2, -0.15) is 0 Å². The minimum atomic E-state index is -1.08. The number of rotatable bonds is 2. The Labute approximate surface area is 86.2 Å². The molecule has 15 heavy (non-hydrogen) atoms. The fourth-order valence-electron chi connectivity index (χ4n) is 1.42. The van der Waals surface area contributed by atoms with Crippen molar-refractivity contribution in [1.82, 2.24) is 4.98 Å². The summed E-state index contributed by atoms with van der Waals surface area (Å²) in [5.41, 5.74) is 1.66. The van der Waals surface area contributed by atoms with Gasteiger partial charge in [0.05, 0.1) is 0 Å². The zero-order chi connectivity index (χ0) is 10.8. The molecule has 0 atom stereocenters. The standard InChI is InChI=1S/C11H9NO3/c1-7-4-2-3-5-8(7)10-9(11(13)14)12-6-15-10/h2-6H,1H3,(H,13,14). The summed E-state index contributed by atoms with van der Waals surface area (Å²) in [6.07, 6.45) is 1.14. The maximum Gasteiger partial charge on any atom is 0.358 e. The number of benzene rings is 1. The molecule has 0 aliphatic rings. The highest BCUT2D eigenvalue weighted by Gasteiger charge is 2.17. The van der Waals surface area contributed by atoms with Crippen LogP contribution in [-0.4, -0.2) is 16.1 Å². The van der Waals surface area contributed by atoms with Gasteiger partial charge in [0, 0.05) is 5.56 Å². The predicted octanol–water partition coefficient (Wildman–Crippen LogP) is 2.35. The first kappa shape index (κ1) is 9.45. The predicted molar refractivity (Wildman–Crippen MR) is 53.6 cm³/mol. The molecule has 1 aromatic carbocycles. The number of carboxylic acids is 1. The molecule has 0 aliphatic heterocycles. The van der Waals surface area contributed by atoms with Crippen LogP contribution in [-0.2, 0) is 0 Å². The number of oxazole rings is 1. The van der Waals surface area contributed by atoms with E-state index in [0.29, 0.717) is 5.76 Å². The van der Waals surface area contributed by atoms with Gasteiger partial charge in [0.2, 0.25) is 0 Å². The molecule has 0 aliphatic carbocycles. The first-order valence-electron chi connectivity index (χ1n) is 4.43. The average Bonchev–Trinajstić information content (AvgIpc) is 2.67. The van der Waals surface area contributed by atoms with Crippen LogP contribution in [0.15, 0.2) is 35.1 Å². The molecule has 0 saturated carbocycles. The highest BCUT2D eigenvalue weighted by Crippen LogP contribution is 2.25. The summed E-state index contributed by atoms with van der Waals surface area (Å²) in [5.74, 6) is -0.775. The number of carboxylic acid groups (broad SMARTS) is 1. The number of hydrogen-bond acceptors (Lipinski definition) is 3. The van der Waals surface area contributed by atoms with Gasteiger partial charge in [-0.1, -0.05) is 24.3 Å². The van der Waals surface area contributed by atoms with E-state index in [1.165, 1.54) is 0 Å². The third-order valence-electron chi connectivity index (χ3n) is 2.16. The van der Waals surface area contributed by atoms with Gasteiger partial charge in [-0.05, 0) is 12.5 Å². The van der Waals surface area contributed by atoms with Crippen molar-refractivity contribution in [1.29, 1.82) is 0 Å². The van der Waals surface area contributed by atoms with E-state index in [-0.39, 0.29) is 5.69 Å². The highest BCUT2D eigenvalue weighted by atomic mass is 16.4. The van der Waals surface area contributed by atoms with Crippen molar-refractivity contribution in [2.24, 2.45) is 0 Å². The fourth-order valence-corrected chi connectivity index (χ4v) is 1.42. The Morgan fingerprint density at radius 1 is 1.40 bits per heavy atom. The lowest BCUT2D eigenvalue weighted by Crippen LogP contribution is -1.99. The van der Waals surface area contributed by atoms with Gasteiger partial charge in [-0.25, -0.2) is 9.78 Å². The van der Waals surface area contributed by atoms with E-state index in [1.54, 1.807) is 0 Å². The van der Waals surface area contributed by atoms with E-state index in [1.807, 2.05) is 31.2 Å². The molecule has 2 rings (SSSR count). The molecule has 0 unspecified atom stereocenters. The number of aromatic nitrogens is 1. The van der Waals surface area contributed by atoms with Crippen LogP contribution in [0, 0.1) is 6.92 Å². The normalized spacial score (nSPS) is 10.2. The number of carbonyl (C=O) groups is 1. The van der Waals surface area contributed by atoms with Gasteiger partial charge in [-0.3, -0.25) is 0 Å². The molecule has 0 radical (unpaired) electrons. The summed E-state index contributed by atoms with van der Waals surface area (Å²) in [6, 6.07) is 7.41. The van der Waals surface area contributed by atoms with Crippen LogP contribution in [0.3, 0.4) is 0 Å². The highest BCUT2D eigenvalue weighted by molar-refractivity contribution is 5.92. The third-order valence-corrected chi connectivity index (χ3v) is 2.16. The molecule has 1 aromatic heterocycles. The second-order valence-corrected chi connectivity index (χ2v) is 3.15. The van der Waals surface area contributed by atoms with E-state index in [2.05, 4.69) is 4.98 Å². The Hall–Kier alpha value is -2.10. The van der Waals surface area contributed by atoms with E-state index >= 15 is 0 Å². The van der Waals surface area contributed by atoms with Crippen LogP contribution in [0.5, 0.6) is 0 Å². The van der Waals surface area contributed by atoms with Crippen molar-refractivity contribution in [3.63, 3.8) is 0 Å². The van der Waals surface area contributed by atoms with Crippen molar-refractivity contribution in [2.45, 2.75) is 6.92 Å². The van der Waals surface area contributed by atoms with Crippen molar-refractivity contribution >= 4 is 5.97 Å². The Morgan fingerprint density at radius 2 is 2.13 bits per heavy atom. The van der Waals surface area contributed by atoms with Crippen molar-refractivity contribution < 1.29 is 14.3 Å². The topological polar surface area (TPSA) is 63.3 Å². The second-order valence-electron chi connectivity index (χ2n) is 3.15. The first-order chi connectivity index (χ1) is 7.20. The molecular formula is C11H9NO3. The van der Waals surface area contributed by atoms with Crippen LogP contribution >= 0.6 is 0 Å². The van der Waals surface area contributed by atoms with Gasteiger partial charge in [-0.15, -0.1) is 0 Å². The lowest BCUT2D eigenvalue weighted by Gasteiger charge is -2.01. The maximum absolute atomic E-state index is 10.8. The van der Waals surface area contributed by atoms with Gasteiger partial charge in [0.15, 0.2) is 17.8 Å². The van der Waals surface area contributed by atoms with E-state index in [4.69, 9.17) is 9.52 Å². The summed E-state index contributed by atoms with van der Waals surface area (Å²) in [7, 11) is 0. The van der Waals surface area contributed by atoms with Crippen molar-refractivity contribution in [2.75, 3.05) is 0 Å². The summed E-state index contributed by atoms with van der Waals surface area (Å²) in [4.78, 5) is 14.5. The molecule has 4 heteroatoms. The molecule has 0 amide bonds. The summed E-state index contributed by atoms with van der Waals surface area (Å²) < 4.78 is 5.10. The number of hydrogen-bond donors (Lipinski definition) is 1. The minimum Gasteiger partial charge on any atom is -0.476 e. The number of nitrogens with zero attached hydrogens (tertiary/aromatic N) is 1. The average molecular weight is 203 g/mol. The smallest absolute Gasteiger partial charge is 0.358 e. The van der Waals surface area contributed by atoms with Crippen LogP contribution in [0.4, 0.5) is 0 Å². The lowest BCUT2D eigenvalue weighted by molar-refractivity contribution is 0.0691. The number of aromatic carboxylic acids is 1. The van der Waals surface area contributed by atoms with Crippen LogP contribution in [0.1, 0.15) is 16.1 Å². The summed E-state index contributed by atoms with van der Waals surface area (Å²) in [6.45, 7) is 1.89. The van der Waals surface area contributed by atoms with Gasteiger partial charge in [0.25, 0.3) is 0 Å². The van der Waals surface area contributed by atoms with Crippen LogP contribution in [0.2, 0.25) is 0 Å². The number of aryl methyl sites for hydroxylation is 1. The molecule has 0 spiro atoms. The van der Waals surface area contributed by atoms with Gasteiger partial charge in [0.1, 0.15) is 0 Å². The molecule has 1 heterocycles. The van der Waals surface area contributed by atoms with E-state index in [9.17, 15) is 4.79 Å². The Kier molecular flexibility index (Phi) is 2.25. The lowest BCUT2D eigenvalue weighted by atomic mass is 10.1. The van der Waals surface area contributed by atoms with Gasteiger partial charge >= 0.3 is 5.97 Å². The third kappa shape index (κ3) is 1.61. The van der Waals surface area contributed by atoms with E-state index < -0.39 is 5.97 Å². The molecule has 1 N–H and O–H groups in total. The molecule has 76 valence electrons. The van der Waals surface area contributed by atoms with Crippen LogP contribution in [0.25, 0.3) is 11.3 Å². The molecule has 0 fully saturated rings. The Morgan fingerprint density at radius 3 is 2.80 bits per heavy atom. The van der Waals surface area contributed by atoms with Crippen molar-refractivity contribution in [3.8, 4) is 11.3 Å². The molecular weight excluding hydrogens is 194 g/mol. The van der Waals surface area contributed by atoms with Crippen molar-refractivity contribution in [3.05, 3.63) is 41.9 Å². The minimum absolute atomic E-state index is 0.0516. The molecule has 0 bridgehead atoms. The van der Waals surface area contributed by atoms with Crippen LogP contribution < -0.4 is 0 Å². The Balaban J connectivity index is 2.59. The monoisotopic (exact) mass is 203 g/mol.